The van der Waals surface area contributed by atoms with E-state index >= 15 is 0 Å². The first-order valence-corrected chi connectivity index (χ1v) is 4.95. The third-order valence-electron chi connectivity index (χ3n) is 2.86. The summed E-state index contributed by atoms with van der Waals surface area (Å²) in [7, 11) is 0. The van der Waals surface area contributed by atoms with Crippen LogP contribution in [-0.2, 0) is 4.74 Å². The molecule has 1 aliphatic carbocycles. The zero-order chi connectivity index (χ0) is 9.31. The lowest BCUT2D eigenvalue weighted by atomic mass is 10.1. The van der Waals surface area contributed by atoms with Gasteiger partial charge in [0, 0.05) is 12.5 Å². The van der Waals surface area contributed by atoms with Gasteiger partial charge < -0.3 is 4.74 Å². The van der Waals surface area contributed by atoms with Crippen LogP contribution in [0.25, 0.3) is 0 Å². The minimum Gasteiger partial charge on any atom is -0.375 e. The topological polar surface area (TPSA) is 9.23 Å². The number of rotatable bonds is 3. The van der Waals surface area contributed by atoms with E-state index < -0.39 is 0 Å². The standard InChI is InChI=1S/C12H16O/c1-3-13-12(2)9-11(12)10-7-5-4-6-8-10/h4-8,11H,3,9H2,1-2H3/t11-,12-/m1/s1. The summed E-state index contributed by atoms with van der Waals surface area (Å²) in [6.07, 6.45) is 1.17. The molecule has 2 atom stereocenters. The minimum atomic E-state index is 0.121. The molecule has 0 saturated heterocycles. The summed E-state index contributed by atoms with van der Waals surface area (Å²) in [6.45, 7) is 5.08. The average Bonchev–Trinajstić information content (AvgIpc) is 2.80. The summed E-state index contributed by atoms with van der Waals surface area (Å²) in [6, 6.07) is 10.6. The molecule has 0 amide bonds. The van der Waals surface area contributed by atoms with E-state index in [0.717, 1.165) is 6.61 Å². The predicted octanol–water partition coefficient (Wildman–Crippen LogP) is 2.97. The van der Waals surface area contributed by atoms with Crippen molar-refractivity contribution in [1.29, 1.82) is 0 Å². The highest BCUT2D eigenvalue weighted by Gasteiger charge is 2.51. The number of hydrogen-bond acceptors (Lipinski definition) is 1. The second-order valence-corrected chi connectivity index (χ2v) is 3.91. The maximum atomic E-state index is 5.71. The maximum absolute atomic E-state index is 5.71. The van der Waals surface area contributed by atoms with Crippen LogP contribution in [0.4, 0.5) is 0 Å². The average molecular weight is 176 g/mol. The van der Waals surface area contributed by atoms with Crippen molar-refractivity contribution in [3.05, 3.63) is 35.9 Å². The van der Waals surface area contributed by atoms with Gasteiger partial charge in [-0.05, 0) is 25.8 Å². The number of hydrogen-bond donors (Lipinski definition) is 0. The molecule has 0 N–H and O–H groups in total. The second-order valence-electron chi connectivity index (χ2n) is 3.91. The van der Waals surface area contributed by atoms with Gasteiger partial charge in [0.15, 0.2) is 0 Å². The maximum Gasteiger partial charge on any atom is 0.0730 e. The highest BCUT2D eigenvalue weighted by molar-refractivity contribution is 5.30. The Kier molecular flexibility index (Phi) is 2.12. The fourth-order valence-electron chi connectivity index (χ4n) is 1.99. The Labute approximate surface area is 79.7 Å². The lowest BCUT2D eigenvalue weighted by Gasteiger charge is -2.10. The van der Waals surface area contributed by atoms with E-state index in [1.807, 2.05) is 0 Å². The fourth-order valence-corrected chi connectivity index (χ4v) is 1.99. The van der Waals surface area contributed by atoms with Gasteiger partial charge in [-0.15, -0.1) is 0 Å². The first-order valence-electron chi connectivity index (χ1n) is 4.95. The van der Waals surface area contributed by atoms with Crippen molar-refractivity contribution in [1.82, 2.24) is 0 Å². The highest BCUT2D eigenvalue weighted by Crippen LogP contribution is 2.53. The Balaban J connectivity index is 2.07. The second kappa shape index (κ2) is 3.15. The molecule has 1 aromatic carbocycles. The first kappa shape index (κ1) is 8.76. The Morgan fingerprint density at radius 2 is 2.08 bits per heavy atom. The molecule has 0 bridgehead atoms. The lowest BCUT2D eigenvalue weighted by molar-refractivity contribution is 0.0513. The molecule has 0 spiro atoms. The molecule has 1 fully saturated rings. The van der Waals surface area contributed by atoms with Crippen molar-refractivity contribution in [3.63, 3.8) is 0 Å². The molecular weight excluding hydrogens is 160 g/mol. The van der Waals surface area contributed by atoms with E-state index in [1.165, 1.54) is 12.0 Å². The molecule has 1 heteroatoms. The van der Waals surface area contributed by atoms with Crippen LogP contribution in [0.5, 0.6) is 0 Å². The van der Waals surface area contributed by atoms with Crippen molar-refractivity contribution in [2.24, 2.45) is 0 Å². The normalized spacial score (nSPS) is 31.7. The van der Waals surface area contributed by atoms with Gasteiger partial charge in [-0.3, -0.25) is 0 Å². The van der Waals surface area contributed by atoms with E-state index in [0.29, 0.717) is 5.92 Å². The van der Waals surface area contributed by atoms with Crippen molar-refractivity contribution in [3.8, 4) is 0 Å². The summed E-state index contributed by atoms with van der Waals surface area (Å²) in [4.78, 5) is 0. The quantitative estimate of drug-likeness (QED) is 0.688. The lowest BCUT2D eigenvalue weighted by Crippen LogP contribution is -2.11. The molecule has 0 heterocycles. The molecule has 0 radical (unpaired) electrons. The summed E-state index contributed by atoms with van der Waals surface area (Å²) in [5.41, 5.74) is 1.54. The van der Waals surface area contributed by atoms with Gasteiger partial charge in [0.05, 0.1) is 5.60 Å². The Hall–Kier alpha value is -0.820. The van der Waals surface area contributed by atoms with Crippen LogP contribution < -0.4 is 0 Å². The zero-order valence-electron chi connectivity index (χ0n) is 8.29. The van der Waals surface area contributed by atoms with E-state index in [9.17, 15) is 0 Å². The van der Waals surface area contributed by atoms with Gasteiger partial charge in [-0.2, -0.15) is 0 Å². The van der Waals surface area contributed by atoms with Gasteiger partial charge in [0.2, 0.25) is 0 Å². The summed E-state index contributed by atoms with van der Waals surface area (Å²) in [5.74, 6) is 0.619. The summed E-state index contributed by atoms with van der Waals surface area (Å²) in [5, 5.41) is 0. The molecule has 0 aromatic heterocycles. The minimum absolute atomic E-state index is 0.121. The summed E-state index contributed by atoms with van der Waals surface area (Å²) >= 11 is 0. The van der Waals surface area contributed by atoms with Crippen LogP contribution in [0.1, 0.15) is 31.7 Å². The molecule has 0 unspecified atom stereocenters. The SMILES string of the molecule is CCO[C@]1(C)C[C@@H]1c1ccccc1. The van der Waals surface area contributed by atoms with E-state index in [-0.39, 0.29) is 5.60 Å². The number of benzene rings is 1. The van der Waals surface area contributed by atoms with Crippen molar-refractivity contribution in [2.45, 2.75) is 31.8 Å². The van der Waals surface area contributed by atoms with Gasteiger partial charge in [-0.1, -0.05) is 30.3 Å². The van der Waals surface area contributed by atoms with Crippen LogP contribution in [0.3, 0.4) is 0 Å². The third kappa shape index (κ3) is 1.61. The zero-order valence-corrected chi connectivity index (χ0v) is 8.29. The van der Waals surface area contributed by atoms with Crippen LogP contribution in [0.2, 0.25) is 0 Å². The molecule has 1 saturated carbocycles. The van der Waals surface area contributed by atoms with Crippen LogP contribution in [0, 0.1) is 0 Å². The molecular formula is C12H16O. The van der Waals surface area contributed by atoms with Crippen LogP contribution in [0.15, 0.2) is 30.3 Å². The predicted molar refractivity (Wildman–Crippen MR) is 53.8 cm³/mol. The Bertz CT molecular complexity index is 280. The van der Waals surface area contributed by atoms with Crippen LogP contribution >= 0.6 is 0 Å². The highest BCUT2D eigenvalue weighted by atomic mass is 16.5. The Morgan fingerprint density at radius 3 is 2.69 bits per heavy atom. The van der Waals surface area contributed by atoms with Crippen LogP contribution in [-0.4, -0.2) is 12.2 Å². The van der Waals surface area contributed by atoms with E-state index in [2.05, 4.69) is 44.2 Å². The molecule has 1 nitrogen and oxygen atoms in total. The van der Waals surface area contributed by atoms with E-state index in [4.69, 9.17) is 4.74 Å². The van der Waals surface area contributed by atoms with Gasteiger partial charge >= 0.3 is 0 Å². The van der Waals surface area contributed by atoms with Gasteiger partial charge in [0.1, 0.15) is 0 Å². The molecule has 1 aliphatic rings. The van der Waals surface area contributed by atoms with Crippen molar-refractivity contribution >= 4 is 0 Å². The Morgan fingerprint density at radius 1 is 1.38 bits per heavy atom. The summed E-state index contributed by atoms with van der Waals surface area (Å²) < 4.78 is 5.71. The fraction of sp³-hybridized carbons (Fsp3) is 0.500. The van der Waals surface area contributed by atoms with Crippen molar-refractivity contribution < 1.29 is 4.74 Å². The monoisotopic (exact) mass is 176 g/mol. The third-order valence-corrected chi connectivity index (χ3v) is 2.86. The van der Waals surface area contributed by atoms with E-state index in [1.54, 1.807) is 0 Å². The van der Waals surface area contributed by atoms with Crippen molar-refractivity contribution in [2.75, 3.05) is 6.61 Å². The van der Waals surface area contributed by atoms with Gasteiger partial charge in [0.25, 0.3) is 0 Å². The first-order chi connectivity index (χ1) is 6.26. The molecule has 13 heavy (non-hydrogen) atoms. The van der Waals surface area contributed by atoms with Gasteiger partial charge in [-0.25, -0.2) is 0 Å². The largest absolute Gasteiger partial charge is 0.375 e. The number of ether oxygens (including phenoxy) is 1. The molecule has 2 rings (SSSR count). The molecule has 0 aliphatic heterocycles. The molecule has 70 valence electrons. The molecule has 1 aromatic rings. The smallest absolute Gasteiger partial charge is 0.0730 e.